The van der Waals surface area contributed by atoms with Gasteiger partial charge in [0.15, 0.2) is 5.76 Å². The van der Waals surface area contributed by atoms with Gasteiger partial charge in [0.2, 0.25) is 0 Å². The van der Waals surface area contributed by atoms with Crippen LogP contribution in [-0.4, -0.2) is 35.2 Å². The molecule has 1 aromatic carbocycles. The van der Waals surface area contributed by atoms with E-state index in [1.54, 1.807) is 42.5 Å². The number of hydrazine groups is 1. The number of carbonyl (C=O) groups excluding carboxylic acids is 3. The highest BCUT2D eigenvalue weighted by molar-refractivity contribution is 5.98. The van der Waals surface area contributed by atoms with Crippen LogP contribution < -0.4 is 10.9 Å². The molecule has 0 bridgehead atoms. The lowest BCUT2D eigenvalue weighted by molar-refractivity contribution is -0.125. The Morgan fingerprint density at radius 3 is 2.54 bits per heavy atom. The molecule has 124 valence electrons. The lowest BCUT2D eigenvalue weighted by atomic mass is 10.2. The molecular weight excluding hydrogens is 310 g/mol. The summed E-state index contributed by atoms with van der Waals surface area (Å²) in [5.74, 6) is -0.961. The monoisotopic (exact) mass is 327 g/mol. The number of nitrogens with one attached hydrogen (secondary N) is 2. The van der Waals surface area contributed by atoms with Crippen molar-refractivity contribution < 1.29 is 18.8 Å². The minimum Gasteiger partial charge on any atom is -0.459 e. The molecule has 2 aromatic rings. The highest BCUT2D eigenvalue weighted by Crippen LogP contribution is 2.20. The molecule has 0 radical (unpaired) electrons. The van der Waals surface area contributed by atoms with Crippen molar-refractivity contribution in [2.75, 3.05) is 6.54 Å². The summed E-state index contributed by atoms with van der Waals surface area (Å²) in [6, 6.07) is 11.1. The highest BCUT2D eigenvalue weighted by atomic mass is 16.3. The summed E-state index contributed by atoms with van der Waals surface area (Å²) in [4.78, 5) is 38.1. The van der Waals surface area contributed by atoms with E-state index in [9.17, 15) is 14.4 Å². The van der Waals surface area contributed by atoms with Crippen molar-refractivity contribution in [3.8, 4) is 0 Å². The van der Waals surface area contributed by atoms with E-state index < -0.39 is 17.9 Å². The Bertz CT molecular complexity index is 728. The fourth-order valence-electron chi connectivity index (χ4n) is 2.69. The Morgan fingerprint density at radius 1 is 1.04 bits per heavy atom. The van der Waals surface area contributed by atoms with Crippen molar-refractivity contribution in [1.29, 1.82) is 0 Å². The van der Waals surface area contributed by atoms with Gasteiger partial charge in [-0.25, -0.2) is 0 Å². The van der Waals surface area contributed by atoms with Crippen LogP contribution in [0.3, 0.4) is 0 Å². The number of hydrogen-bond acceptors (Lipinski definition) is 4. The number of benzene rings is 1. The van der Waals surface area contributed by atoms with Gasteiger partial charge >= 0.3 is 0 Å². The van der Waals surface area contributed by atoms with Gasteiger partial charge < -0.3 is 9.32 Å². The first kappa shape index (κ1) is 15.8. The van der Waals surface area contributed by atoms with Crippen LogP contribution in [0.1, 0.15) is 33.8 Å². The molecule has 0 spiro atoms. The summed E-state index contributed by atoms with van der Waals surface area (Å²) in [6.07, 6.45) is 2.68. The third kappa shape index (κ3) is 3.29. The van der Waals surface area contributed by atoms with E-state index in [4.69, 9.17) is 4.42 Å². The van der Waals surface area contributed by atoms with Gasteiger partial charge in [-0.3, -0.25) is 25.2 Å². The van der Waals surface area contributed by atoms with Crippen LogP contribution in [0.15, 0.2) is 53.1 Å². The SMILES string of the molecule is O=C(NNC(=O)C1CCCN1C(=O)c1ccco1)c1ccccc1. The molecule has 1 unspecified atom stereocenters. The average molecular weight is 327 g/mol. The summed E-state index contributed by atoms with van der Waals surface area (Å²) in [6.45, 7) is 0.476. The van der Waals surface area contributed by atoms with E-state index in [-0.39, 0.29) is 11.7 Å². The molecule has 1 aliphatic heterocycles. The van der Waals surface area contributed by atoms with Gasteiger partial charge in [-0.05, 0) is 37.1 Å². The molecule has 1 fully saturated rings. The normalized spacial score (nSPS) is 16.7. The quantitative estimate of drug-likeness (QED) is 0.832. The molecule has 7 nitrogen and oxygen atoms in total. The van der Waals surface area contributed by atoms with E-state index in [0.29, 0.717) is 18.5 Å². The van der Waals surface area contributed by atoms with E-state index in [2.05, 4.69) is 10.9 Å². The molecule has 2 N–H and O–H groups in total. The Labute approximate surface area is 138 Å². The number of nitrogens with zero attached hydrogens (tertiary/aromatic N) is 1. The molecule has 1 aliphatic rings. The fraction of sp³-hybridized carbons (Fsp3) is 0.235. The third-order valence-corrected chi connectivity index (χ3v) is 3.88. The second kappa shape index (κ2) is 6.99. The van der Waals surface area contributed by atoms with Crippen LogP contribution >= 0.6 is 0 Å². The highest BCUT2D eigenvalue weighted by Gasteiger charge is 2.35. The summed E-state index contributed by atoms with van der Waals surface area (Å²) in [7, 11) is 0. The second-order valence-corrected chi connectivity index (χ2v) is 5.44. The van der Waals surface area contributed by atoms with Gasteiger partial charge in [-0.2, -0.15) is 0 Å². The Morgan fingerprint density at radius 2 is 1.83 bits per heavy atom. The van der Waals surface area contributed by atoms with Gasteiger partial charge in [0.05, 0.1) is 6.26 Å². The zero-order chi connectivity index (χ0) is 16.9. The summed E-state index contributed by atoms with van der Waals surface area (Å²) in [5.41, 5.74) is 5.20. The number of likely N-dealkylation sites (tertiary alicyclic amines) is 1. The van der Waals surface area contributed by atoms with Crippen molar-refractivity contribution >= 4 is 17.7 Å². The molecular formula is C17H17N3O4. The molecule has 1 saturated heterocycles. The predicted molar refractivity (Wildman–Crippen MR) is 84.8 cm³/mol. The second-order valence-electron chi connectivity index (χ2n) is 5.44. The maximum Gasteiger partial charge on any atom is 0.290 e. The maximum atomic E-state index is 12.3. The topological polar surface area (TPSA) is 91.7 Å². The molecule has 24 heavy (non-hydrogen) atoms. The summed E-state index contributed by atoms with van der Waals surface area (Å²) >= 11 is 0. The Balaban J connectivity index is 1.60. The lowest BCUT2D eigenvalue weighted by Crippen LogP contribution is -2.51. The molecule has 7 heteroatoms. The lowest BCUT2D eigenvalue weighted by Gasteiger charge is -2.23. The van der Waals surface area contributed by atoms with Crippen molar-refractivity contribution in [3.05, 3.63) is 60.1 Å². The summed E-state index contributed by atoms with van der Waals surface area (Å²) < 4.78 is 5.10. The number of amides is 3. The largest absolute Gasteiger partial charge is 0.459 e. The van der Waals surface area contributed by atoms with Crippen LogP contribution in [-0.2, 0) is 4.79 Å². The number of rotatable bonds is 3. The predicted octanol–water partition coefficient (Wildman–Crippen LogP) is 1.35. The minimum absolute atomic E-state index is 0.197. The van der Waals surface area contributed by atoms with Gasteiger partial charge in [-0.1, -0.05) is 18.2 Å². The third-order valence-electron chi connectivity index (χ3n) is 3.88. The van der Waals surface area contributed by atoms with E-state index in [0.717, 1.165) is 6.42 Å². The molecule has 2 heterocycles. The number of furan rings is 1. The van der Waals surface area contributed by atoms with E-state index in [1.807, 2.05) is 0 Å². The van der Waals surface area contributed by atoms with Gasteiger partial charge in [-0.15, -0.1) is 0 Å². The molecule has 1 aromatic heterocycles. The van der Waals surface area contributed by atoms with Crippen molar-refractivity contribution in [2.45, 2.75) is 18.9 Å². The smallest absolute Gasteiger partial charge is 0.290 e. The van der Waals surface area contributed by atoms with Crippen molar-refractivity contribution in [3.63, 3.8) is 0 Å². The average Bonchev–Trinajstić information content (AvgIpc) is 3.31. The van der Waals surface area contributed by atoms with Crippen molar-refractivity contribution in [2.24, 2.45) is 0 Å². The van der Waals surface area contributed by atoms with Crippen LogP contribution in [0.5, 0.6) is 0 Å². The van der Waals surface area contributed by atoms with Crippen LogP contribution in [0, 0.1) is 0 Å². The summed E-state index contributed by atoms with van der Waals surface area (Å²) in [5, 5.41) is 0. The molecule has 1 atom stereocenters. The van der Waals surface area contributed by atoms with E-state index >= 15 is 0 Å². The van der Waals surface area contributed by atoms with Crippen LogP contribution in [0.4, 0.5) is 0 Å². The Kier molecular flexibility index (Phi) is 4.60. The van der Waals surface area contributed by atoms with Gasteiger partial charge in [0, 0.05) is 12.1 Å². The first-order chi connectivity index (χ1) is 11.7. The maximum absolute atomic E-state index is 12.3. The van der Waals surface area contributed by atoms with Gasteiger partial charge in [0.1, 0.15) is 6.04 Å². The standard InChI is InChI=1S/C17H17N3O4/c21-15(12-6-2-1-3-7-12)18-19-16(22)13-8-4-10-20(13)17(23)14-9-5-11-24-14/h1-3,5-7,9,11,13H,4,8,10H2,(H,18,21)(H,19,22). The van der Waals surface area contributed by atoms with E-state index in [1.165, 1.54) is 11.2 Å². The molecule has 0 saturated carbocycles. The first-order valence-electron chi connectivity index (χ1n) is 7.66. The minimum atomic E-state index is -0.626. The zero-order valence-corrected chi connectivity index (χ0v) is 12.9. The number of carbonyl (C=O) groups is 3. The van der Waals surface area contributed by atoms with Crippen molar-refractivity contribution in [1.82, 2.24) is 15.8 Å². The Hall–Kier alpha value is -3.09. The molecule has 3 rings (SSSR count). The molecule has 3 amide bonds. The molecule has 0 aliphatic carbocycles. The fourth-order valence-corrected chi connectivity index (χ4v) is 2.69. The zero-order valence-electron chi connectivity index (χ0n) is 12.9. The van der Waals surface area contributed by atoms with Crippen LogP contribution in [0.25, 0.3) is 0 Å². The van der Waals surface area contributed by atoms with Crippen LogP contribution in [0.2, 0.25) is 0 Å². The first-order valence-corrected chi connectivity index (χ1v) is 7.66. The van der Waals surface area contributed by atoms with Gasteiger partial charge in [0.25, 0.3) is 17.7 Å². The number of hydrogen-bond donors (Lipinski definition) is 2.